The Morgan fingerprint density at radius 3 is 2.47 bits per heavy atom. The van der Waals surface area contributed by atoms with Crippen molar-refractivity contribution in [2.24, 2.45) is 5.92 Å². The van der Waals surface area contributed by atoms with Gasteiger partial charge in [-0.05, 0) is 12.1 Å². The molecule has 0 spiro atoms. The molecule has 4 nitrogen and oxygen atoms in total. The summed E-state index contributed by atoms with van der Waals surface area (Å²) in [4.78, 5) is 13.0. The first-order valence-corrected chi connectivity index (χ1v) is 6.55. The van der Waals surface area contributed by atoms with Crippen LogP contribution in [-0.2, 0) is 0 Å². The summed E-state index contributed by atoms with van der Waals surface area (Å²) in [5.41, 5.74) is 1.14. The van der Waals surface area contributed by atoms with E-state index in [1.165, 1.54) is 4.90 Å². The second-order valence-electron chi connectivity index (χ2n) is 6.02. The van der Waals surface area contributed by atoms with Crippen LogP contribution in [0.5, 0.6) is 5.75 Å². The van der Waals surface area contributed by atoms with E-state index in [4.69, 9.17) is 4.74 Å². The lowest BCUT2D eigenvalue weighted by Crippen LogP contribution is -2.43. The monoisotopic (exact) mass is 265 g/mol. The minimum absolute atomic E-state index is 0.355. The van der Waals surface area contributed by atoms with Gasteiger partial charge in [-0.1, -0.05) is 19.9 Å². The van der Waals surface area contributed by atoms with Gasteiger partial charge in [0.05, 0.1) is 20.6 Å². The van der Waals surface area contributed by atoms with Crippen LogP contribution >= 0.6 is 0 Å². The van der Waals surface area contributed by atoms with Crippen LogP contribution in [0, 0.1) is 5.92 Å². The molecule has 0 heterocycles. The zero-order valence-electron chi connectivity index (χ0n) is 12.8. The van der Waals surface area contributed by atoms with Gasteiger partial charge in [0.1, 0.15) is 11.4 Å². The highest BCUT2D eigenvalue weighted by Gasteiger charge is 2.21. The third-order valence-corrected chi connectivity index (χ3v) is 2.91. The average Bonchev–Trinajstić information content (AvgIpc) is 2.27. The van der Waals surface area contributed by atoms with Crippen molar-refractivity contribution < 1.29 is 9.53 Å². The van der Waals surface area contributed by atoms with E-state index >= 15 is 0 Å². The van der Waals surface area contributed by atoms with Crippen molar-refractivity contribution in [3.63, 3.8) is 0 Å². The first-order chi connectivity index (χ1) is 8.72. The number of ether oxygens (including phenoxy) is 1. The van der Waals surface area contributed by atoms with E-state index in [1.807, 2.05) is 12.1 Å². The van der Waals surface area contributed by atoms with Crippen molar-refractivity contribution in [2.45, 2.75) is 13.8 Å². The highest BCUT2D eigenvalue weighted by molar-refractivity contribution is 5.70. The molecule has 4 heteroatoms. The summed E-state index contributed by atoms with van der Waals surface area (Å²) in [5, 5.41) is 0. The lowest BCUT2D eigenvalue weighted by molar-refractivity contribution is 0.172. The van der Waals surface area contributed by atoms with E-state index in [0.717, 1.165) is 16.7 Å². The van der Waals surface area contributed by atoms with Crippen LogP contribution in [0.3, 0.4) is 0 Å². The Labute approximate surface area is 116 Å². The Bertz CT molecular complexity index is 440. The van der Waals surface area contributed by atoms with Crippen LogP contribution in [0.2, 0.25) is 0 Å². The molecule has 1 aromatic carbocycles. The Hall–Kier alpha value is -1.55. The maximum atomic E-state index is 11.5. The fraction of sp³-hybridized carbons (Fsp3) is 0.533. The maximum absolute atomic E-state index is 11.5. The summed E-state index contributed by atoms with van der Waals surface area (Å²) in [6.45, 7) is 5.44. The summed E-state index contributed by atoms with van der Waals surface area (Å²) in [7, 11) is 7.66. The summed E-state index contributed by atoms with van der Waals surface area (Å²) in [6.07, 6.45) is -0.355. The van der Waals surface area contributed by atoms with Crippen molar-refractivity contribution in [1.29, 1.82) is 0 Å². The van der Waals surface area contributed by atoms with E-state index in [0.29, 0.717) is 11.7 Å². The second kappa shape index (κ2) is 6.06. The zero-order chi connectivity index (χ0) is 14.6. The van der Waals surface area contributed by atoms with Crippen molar-refractivity contribution >= 4 is 11.8 Å². The lowest BCUT2D eigenvalue weighted by Gasteiger charge is -2.31. The number of carbonyl (C=O) groups is 1. The van der Waals surface area contributed by atoms with Gasteiger partial charge in [-0.3, -0.25) is 4.48 Å². The molecule has 0 aromatic heterocycles. The average molecular weight is 265 g/mol. The Kier molecular flexibility index (Phi) is 4.95. The fourth-order valence-electron chi connectivity index (χ4n) is 2.13. The second-order valence-corrected chi connectivity index (χ2v) is 6.02. The van der Waals surface area contributed by atoms with E-state index in [9.17, 15) is 4.79 Å². The molecule has 0 saturated heterocycles. The number of carbonyl (C=O) groups excluding carboxylic acids is 1. The van der Waals surface area contributed by atoms with Crippen LogP contribution < -0.4 is 9.22 Å². The first-order valence-electron chi connectivity index (χ1n) is 6.55. The summed E-state index contributed by atoms with van der Waals surface area (Å²) < 4.78 is 6.06. The van der Waals surface area contributed by atoms with Gasteiger partial charge in [0.25, 0.3) is 0 Å². The molecule has 0 atom stereocenters. The van der Waals surface area contributed by atoms with Gasteiger partial charge in [0.15, 0.2) is 0 Å². The molecule has 0 fully saturated rings. The van der Waals surface area contributed by atoms with Crippen LogP contribution in [0.25, 0.3) is 0 Å². The van der Waals surface area contributed by atoms with Crippen molar-refractivity contribution in [1.82, 2.24) is 9.38 Å². The molecule has 0 aliphatic heterocycles. The summed E-state index contributed by atoms with van der Waals surface area (Å²) >= 11 is 0. The molecule has 1 rings (SSSR count). The quantitative estimate of drug-likeness (QED) is 0.783. The number of hydrogen-bond acceptors (Lipinski definition) is 2. The Morgan fingerprint density at radius 1 is 1.32 bits per heavy atom. The summed E-state index contributed by atoms with van der Waals surface area (Å²) in [5.74, 6) is 1.19. The van der Waals surface area contributed by atoms with Gasteiger partial charge >= 0.3 is 6.09 Å². The van der Waals surface area contributed by atoms with Gasteiger partial charge in [-0.25, -0.2) is 4.79 Å². The molecule has 0 N–H and O–H groups in total. The molecule has 0 bridgehead atoms. The normalized spacial score (nSPS) is 11.5. The standard InChI is InChI=1S/C15H25N2O2/c1-12(2)11-17(5,6)13-8-7-9-14(10-13)19-15(18)16(3)4/h7-10,12H,11H2,1-6H3/q+1. The summed E-state index contributed by atoms with van der Waals surface area (Å²) in [6, 6.07) is 7.73. The minimum atomic E-state index is -0.355. The first kappa shape index (κ1) is 15.5. The van der Waals surface area contributed by atoms with Crippen LogP contribution in [0.1, 0.15) is 13.8 Å². The molecule has 0 aliphatic rings. The number of nitrogens with zero attached hydrogens (tertiary/aromatic N) is 2. The van der Waals surface area contributed by atoms with Crippen LogP contribution in [0.4, 0.5) is 10.5 Å². The molecule has 1 aromatic rings. The molecule has 0 radical (unpaired) electrons. The molecule has 0 saturated carbocycles. The molecule has 0 unspecified atom stereocenters. The molecule has 0 aliphatic carbocycles. The van der Waals surface area contributed by atoms with Gasteiger partial charge in [-0.15, -0.1) is 0 Å². The maximum Gasteiger partial charge on any atom is 0.414 e. The molecule has 1 amide bonds. The minimum Gasteiger partial charge on any atom is -0.410 e. The number of rotatable bonds is 4. The van der Waals surface area contributed by atoms with Gasteiger partial charge in [0.2, 0.25) is 0 Å². The SMILES string of the molecule is CC(C)C[N+](C)(C)c1cccc(OC(=O)N(C)C)c1. The van der Waals surface area contributed by atoms with Crippen molar-refractivity contribution in [3.05, 3.63) is 24.3 Å². The third-order valence-electron chi connectivity index (χ3n) is 2.91. The van der Waals surface area contributed by atoms with Gasteiger partial charge < -0.3 is 9.64 Å². The fourth-order valence-corrected chi connectivity index (χ4v) is 2.13. The Morgan fingerprint density at radius 2 is 1.95 bits per heavy atom. The van der Waals surface area contributed by atoms with Crippen LogP contribution in [0.15, 0.2) is 24.3 Å². The Balaban J connectivity index is 2.91. The van der Waals surface area contributed by atoms with Crippen LogP contribution in [-0.4, -0.2) is 45.7 Å². The third kappa shape index (κ3) is 4.56. The highest BCUT2D eigenvalue weighted by atomic mass is 16.6. The molecule has 19 heavy (non-hydrogen) atoms. The van der Waals surface area contributed by atoms with Gasteiger partial charge in [0, 0.05) is 26.1 Å². The topological polar surface area (TPSA) is 29.5 Å². The van der Waals surface area contributed by atoms with E-state index in [1.54, 1.807) is 20.2 Å². The number of amides is 1. The van der Waals surface area contributed by atoms with Crippen molar-refractivity contribution in [2.75, 3.05) is 34.7 Å². The zero-order valence-corrected chi connectivity index (χ0v) is 12.8. The highest BCUT2D eigenvalue weighted by Crippen LogP contribution is 2.25. The largest absolute Gasteiger partial charge is 0.414 e. The lowest BCUT2D eigenvalue weighted by atomic mass is 10.1. The van der Waals surface area contributed by atoms with E-state index in [-0.39, 0.29) is 6.09 Å². The van der Waals surface area contributed by atoms with E-state index < -0.39 is 0 Å². The predicted octanol–water partition coefficient (Wildman–Crippen LogP) is 2.97. The molecular weight excluding hydrogens is 240 g/mol. The predicted molar refractivity (Wildman–Crippen MR) is 79.5 cm³/mol. The number of benzene rings is 1. The number of hydrogen-bond donors (Lipinski definition) is 0. The van der Waals surface area contributed by atoms with Crippen molar-refractivity contribution in [3.8, 4) is 5.75 Å². The van der Waals surface area contributed by atoms with E-state index in [2.05, 4.69) is 34.0 Å². The van der Waals surface area contributed by atoms with Gasteiger partial charge in [-0.2, -0.15) is 0 Å². The molecular formula is C15H25N2O2+. The molecule has 106 valence electrons. The number of quaternary nitrogens is 1. The smallest absolute Gasteiger partial charge is 0.410 e.